The Kier molecular flexibility index (Phi) is 5.73. The van der Waals surface area contributed by atoms with Crippen LogP contribution in [0.25, 0.3) is 22.5 Å². The van der Waals surface area contributed by atoms with Gasteiger partial charge in [-0.3, -0.25) is 4.79 Å². The van der Waals surface area contributed by atoms with Gasteiger partial charge >= 0.3 is 5.69 Å². The van der Waals surface area contributed by atoms with Gasteiger partial charge in [0.25, 0.3) is 0 Å². The smallest absolute Gasteiger partial charge is 0.345 e. The Morgan fingerprint density at radius 3 is 2.57 bits per heavy atom. The van der Waals surface area contributed by atoms with Gasteiger partial charge in [0, 0.05) is 28.6 Å². The van der Waals surface area contributed by atoms with E-state index in [1.807, 2.05) is 44.2 Å². The lowest BCUT2D eigenvalue weighted by molar-refractivity contribution is -0.124. The van der Waals surface area contributed by atoms with Gasteiger partial charge in [-0.15, -0.1) is 0 Å². The number of benzene rings is 2. The van der Waals surface area contributed by atoms with Gasteiger partial charge in [-0.25, -0.2) is 4.79 Å². The van der Waals surface area contributed by atoms with Crippen molar-refractivity contribution in [2.75, 3.05) is 0 Å². The number of halogens is 1. The van der Waals surface area contributed by atoms with Gasteiger partial charge in [0.15, 0.2) is 0 Å². The third-order valence-electron chi connectivity index (χ3n) is 5.31. The second kappa shape index (κ2) is 8.44. The summed E-state index contributed by atoms with van der Waals surface area (Å²) in [5.74, 6) is 0.586. The summed E-state index contributed by atoms with van der Waals surface area (Å²) in [5, 5.41) is 3.42. The van der Waals surface area contributed by atoms with E-state index in [0.29, 0.717) is 34.4 Å². The first-order valence-corrected chi connectivity index (χ1v) is 10.6. The molecule has 1 aromatic heterocycles. The van der Waals surface area contributed by atoms with Gasteiger partial charge in [-0.05, 0) is 48.1 Å². The third-order valence-corrected chi connectivity index (χ3v) is 5.64. The molecule has 0 saturated heterocycles. The Labute approximate surface area is 180 Å². The van der Waals surface area contributed by atoms with Crippen LogP contribution in [0.1, 0.15) is 43.7 Å². The maximum atomic E-state index is 12.3. The highest BCUT2D eigenvalue weighted by atomic mass is 35.5. The van der Waals surface area contributed by atoms with E-state index in [0.717, 1.165) is 11.1 Å². The Hall–Kier alpha value is -2.92. The Morgan fingerprint density at radius 1 is 1.17 bits per heavy atom. The zero-order chi connectivity index (χ0) is 21.3. The molecule has 2 N–H and O–H groups in total. The molecule has 0 spiro atoms. The summed E-state index contributed by atoms with van der Waals surface area (Å²) < 4.78 is 0. The fraction of sp³-hybridized carbons (Fsp3) is 0.292. The van der Waals surface area contributed by atoms with E-state index in [4.69, 9.17) is 11.6 Å². The van der Waals surface area contributed by atoms with E-state index in [1.165, 1.54) is 18.4 Å². The maximum absolute atomic E-state index is 12.3. The van der Waals surface area contributed by atoms with Crippen molar-refractivity contribution >= 4 is 17.5 Å². The van der Waals surface area contributed by atoms with Crippen molar-refractivity contribution in [3.05, 3.63) is 75.2 Å². The molecule has 1 aliphatic rings. The molecule has 0 atom stereocenters. The van der Waals surface area contributed by atoms with E-state index in [9.17, 15) is 9.59 Å². The molecule has 1 fully saturated rings. The summed E-state index contributed by atoms with van der Waals surface area (Å²) in [5.41, 5.74) is 4.60. The van der Waals surface area contributed by atoms with E-state index in [1.54, 1.807) is 6.07 Å². The molecular weight excluding hydrogens is 398 g/mol. The molecular formula is C24H24ClN3O2. The van der Waals surface area contributed by atoms with Gasteiger partial charge in [-0.2, -0.15) is 4.98 Å². The number of rotatable bonds is 6. The van der Waals surface area contributed by atoms with Crippen molar-refractivity contribution in [2.45, 2.75) is 39.2 Å². The monoisotopic (exact) mass is 421 g/mol. The Bertz CT molecular complexity index is 1130. The van der Waals surface area contributed by atoms with Crippen LogP contribution in [0.4, 0.5) is 0 Å². The van der Waals surface area contributed by atoms with Gasteiger partial charge in [0.05, 0.1) is 11.4 Å². The normalized spacial score (nSPS) is 13.5. The summed E-state index contributed by atoms with van der Waals surface area (Å²) in [6.45, 7) is 4.10. The molecule has 154 valence electrons. The van der Waals surface area contributed by atoms with E-state index >= 15 is 0 Å². The minimum absolute atomic E-state index is 0.0132. The zero-order valence-corrected chi connectivity index (χ0v) is 17.8. The van der Waals surface area contributed by atoms with Crippen molar-refractivity contribution in [2.24, 2.45) is 5.92 Å². The van der Waals surface area contributed by atoms with Gasteiger partial charge in [0.1, 0.15) is 0 Å². The fourth-order valence-electron chi connectivity index (χ4n) is 3.38. The quantitative estimate of drug-likeness (QED) is 0.594. The summed E-state index contributed by atoms with van der Waals surface area (Å²) in [6, 6.07) is 15.6. The molecule has 0 radical (unpaired) electrons. The molecule has 1 saturated carbocycles. The molecule has 4 rings (SSSR count). The number of nitrogens with zero attached hydrogens (tertiary/aromatic N) is 1. The topological polar surface area (TPSA) is 74.8 Å². The van der Waals surface area contributed by atoms with Crippen LogP contribution in [0.2, 0.25) is 5.02 Å². The van der Waals surface area contributed by atoms with Crippen molar-refractivity contribution in [3.8, 4) is 22.5 Å². The Balaban J connectivity index is 1.64. The number of hydrogen-bond acceptors (Lipinski definition) is 3. The first-order valence-electron chi connectivity index (χ1n) is 10.2. The number of hydrogen-bond donors (Lipinski definition) is 2. The van der Waals surface area contributed by atoms with Gasteiger partial charge in [-0.1, -0.05) is 55.8 Å². The first-order chi connectivity index (χ1) is 14.4. The summed E-state index contributed by atoms with van der Waals surface area (Å²) in [6.07, 6.45) is 2.50. The third kappa shape index (κ3) is 4.62. The van der Waals surface area contributed by atoms with Crippen LogP contribution in [-0.2, 0) is 11.3 Å². The summed E-state index contributed by atoms with van der Waals surface area (Å²) >= 11 is 6.43. The number of carbonyl (C=O) groups is 1. The van der Waals surface area contributed by atoms with Crippen molar-refractivity contribution < 1.29 is 4.79 Å². The molecule has 1 aliphatic carbocycles. The van der Waals surface area contributed by atoms with Crippen LogP contribution >= 0.6 is 11.6 Å². The lowest BCUT2D eigenvalue weighted by Gasteiger charge is -2.11. The number of H-pyrrole nitrogens is 1. The van der Waals surface area contributed by atoms with Crippen LogP contribution in [0, 0.1) is 5.92 Å². The highest BCUT2D eigenvalue weighted by molar-refractivity contribution is 6.33. The summed E-state index contributed by atoms with van der Waals surface area (Å²) in [7, 11) is 0. The lowest BCUT2D eigenvalue weighted by atomic mass is 10.0. The second-order valence-electron chi connectivity index (χ2n) is 8.07. The minimum atomic E-state index is -0.427. The average molecular weight is 422 g/mol. The molecule has 0 bridgehead atoms. The summed E-state index contributed by atoms with van der Waals surface area (Å²) in [4.78, 5) is 31.0. The molecule has 3 aromatic rings. The molecule has 0 unspecified atom stereocenters. The Morgan fingerprint density at radius 2 is 1.90 bits per heavy atom. The molecule has 5 nitrogen and oxygen atoms in total. The maximum Gasteiger partial charge on any atom is 0.345 e. The molecule has 30 heavy (non-hydrogen) atoms. The predicted molar refractivity (Wildman–Crippen MR) is 119 cm³/mol. The molecule has 2 aromatic carbocycles. The fourth-order valence-corrected chi connectivity index (χ4v) is 3.59. The standard InChI is InChI=1S/C24H24ClN3O2/c1-14(2)23(29)26-13-15-3-10-20(25)19(11-15)22-12-21(27-24(30)28-22)18-8-6-17(7-9-18)16-4-5-16/h3,6-12,14,16H,4-5,13H2,1-2H3,(H,26,29)(H,27,28,30). The average Bonchev–Trinajstić information content (AvgIpc) is 3.58. The van der Waals surface area contributed by atoms with Crippen LogP contribution < -0.4 is 11.0 Å². The minimum Gasteiger partial charge on any atom is -0.352 e. The van der Waals surface area contributed by atoms with E-state index < -0.39 is 5.69 Å². The number of carbonyl (C=O) groups excluding carboxylic acids is 1. The number of amides is 1. The second-order valence-corrected chi connectivity index (χ2v) is 8.48. The zero-order valence-electron chi connectivity index (χ0n) is 17.0. The largest absolute Gasteiger partial charge is 0.352 e. The highest BCUT2D eigenvalue weighted by Crippen LogP contribution is 2.40. The van der Waals surface area contributed by atoms with Gasteiger partial charge < -0.3 is 10.3 Å². The molecule has 6 heteroatoms. The number of nitrogens with one attached hydrogen (secondary N) is 2. The molecule has 1 amide bonds. The first kappa shape index (κ1) is 20.4. The number of aromatic amines is 1. The highest BCUT2D eigenvalue weighted by Gasteiger charge is 2.23. The lowest BCUT2D eigenvalue weighted by Crippen LogP contribution is -2.27. The molecule has 0 aliphatic heterocycles. The number of aromatic nitrogens is 2. The molecule has 1 heterocycles. The van der Waals surface area contributed by atoms with Crippen LogP contribution in [-0.4, -0.2) is 15.9 Å². The van der Waals surface area contributed by atoms with Crippen molar-refractivity contribution in [1.82, 2.24) is 15.3 Å². The van der Waals surface area contributed by atoms with Crippen LogP contribution in [0.15, 0.2) is 53.3 Å². The predicted octanol–water partition coefficient (Wildman–Crippen LogP) is 4.91. The van der Waals surface area contributed by atoms with Gasteiger partial charge in [0.2, 0.25) is 5.91 Å². The van der Waals surface area contributed by atoms with Crippen LogP contribution in [0.3, 0.4) is 0 Å². The van der Waals surface area contributed by atoms with E-state index in [2.05, 4.69) is 27.4 Å². The van der Waals surface area contributed by atoms with E-state index in [-0.39, 0.29) is 11.8 Å². The van der Waals surface area contributed by atoms with Crippen LogP contribution in [0.5, 0.6) is 0 Å². The van der Waals surface area contributed by atoms with Crippen molar-refractivity contribution in [3.63, 3.8) is 0 Å². The van der Waals surface area contributed by atoms with Crippen molar-refractivity contribution in [1.29, 1.82) is 0 Å². The SMILES string of the molecule is CC(C)C(=O)NCc1ccc(Cl)c(-c2cc(-c3ccc(C4CC4)cc3)nc(=O)[nH]2)c1.